The predicted octanol–water partition coefficient (Wildman–Crippen LogP) is 0.185. The molecular formula is C12H12O5. The first-order chi connectivity index (χ1) is 7.85. The quantitative estimate of drug-likeness (QED) is 0.549. The summed E-state index contributed by atoms with van der Waals surface area (Å²) in [6, 6.07) is 3.65. The largest absolute Gasteiger partial charge is 0.507 e. The molecule has 1 aromatic carbocycles. The lowest BCUT2D eigenvalue weighted by Crippen LogP contribution is -2.26. The standard InChI is InChI=1S/C12H12O5/c1-12(17,7-13)5-4-8-6-9(11(15)16)2-3-10(8)14/h2-3,6,13-14,17H,7H2,1H3,(H,15,16). The minimum Gasteiger partial charge on any atom is -0.507 e. The van der Waals surface area contributed by atoms with Gasteiger partial charge in [0.15, 0.2) is 0 Å². The third-order valence-electron chi connectivity index (χ3n) is 2.02. The van der Waals surface area contributed by atoms with Crippen molar-refractivity contribution in [3.8, 4) is 17.6 Å². The van der Waals surface area contributed by atoms with Crippen molar-refractivity contribution in [2.75, 3.05) is 6.61 Å². The first kappa shape index (κ1) is 13.0. The number of aliphatic hydroxyl groups excluding tert-OH is 1. The van der Waals surface area contributed by atoms with E-state index in [2.05, 4.69) is 11.8 Å². The van der Waals surface area contributed by atoms with Crippen molar-refractivity contribution >= 4 is 5.97 Å². The van der Waals surface area contributed by atoms with Crippen molar-refractivity contribution in [2.45, 2.75) is 12.5 Å². The van der Waals surface area contributed by atoms with Gasteiger partial charge in [0.2, 0.25) is 0 Å². The van der Waals surface area contributed by atoms with Crippen LogP contribution in [0.15, 0.2) is 18.2 Å². The summed E-state index contributed by atoms with van der Waals surface area (Å²) in [6.07, 6.45) is 0. The van der Waals surface area contributed by atoms with Gasteiger partial charge in [-0.15, -0.1) is 0 Å². The molecule has 5 heteroatoms. The monoisotopic (exact) mass is 236 g/mol. The highest BCUT2D eigenvalue weighted by molar-refractivity contribution is 5.88. The molecule has 0 saturated heterocycles. The van der Waals surface area contributed by atoms with Gasteiger partial charge in [-0.25, -0.2) is 4.79 Å². The molecule has 1 rings (SSSR count). The van der Waals surface area contributed by atoms with Crippen LogP contribution in [-0.4, -0.2) is 38.6 Å². The number of benzene rings is 1. The van der Waals surface area contributed by atoms with Gasteiger partial charge < -0.3 is 20.4 Å². The number of phenols is 1. The summed E-state index contributed by atoms with van der Waals surface area (Å²) in [4.78, 5) is 10.7. The molecule has 5 nitrogen and oxygen atoms in total. The Morgan fingerprint density at radius 1 is 1.47 bits per heavy atom. The third-order valence-corrected chi connectivity index (χ3v) is 2.02. The molecule has 0 radical (unpaired) electrons. The highest BCUT2D eigenvalue weighted by Crippen LogP contribution is 2.17. The molecule has 1 atom stereocenters. The number of carboxylic acids is 1. The van der Waals surface area contributed by atoms with Gasteiger partial charge in [0.1, 0.15) is 11.4 Å². The number of carbonyl (C=O) groups is 1. The number of rotatable bonds is 2. The first-order valence-electron chi connectivity index (χ1n) is 4.78. The van der Waals surface area contributed by atoms with Gasteiger partial charge in [0.25, 0.3) is 0 Å². The van der Waals surface area contributed by atoms with Gasteiger partial charge in [-0.3, -0.25) is 0 Å². The maximum absolute atomic E-state index is 10.7. The van der Waals surface area contributed by atoms with Crippen LogP contribution in [0.1, 0.15) is 22.8 Å². The molecule has 0 aromatic heterocycles. The fourth-order valence-electron chi connectivity index (χ4n) is 1.01. The van der Waals surface area contributed by atoms with Crippen LogP contribution in [0.4, 0.5) is 0 Å². The number of hydrogen-bond acceptors (Lipinski definition) is 4. The number of aromatic carboxylic acids is 1. The number of carboxylic acid groups (broad SMARTS) is 1. The lowest BCUT2D eigenvalue weighted by Gasteiger charge is -2.10. The molecule has 0 heterocycles. The Balaban J connectivity index is 3.14. The van der Waals surface area contributed by atoms with Crippen molar-refractivity contribution in [3.63, 3.8) is 0 Å². The molecule has 1 unspecified atom stereocenters. The van der Waals surface area contributed by atoms with E-state index in [1.165, 1.54) is 25.1 Å². The van der Waals surface area contributed by atoms with Crippen molar-refractivity contribution in [1.29, 1.82) is 0 Å². The molecule has 0 bridgehead atoms. The lowest BCUT2D eigenvalue weighted by molar-refractivity contribution is 0.0519. The van der Waals surface area contributed by atoms with Crippen LogP contribution >= 0.6 is 0 Å². The Kier molecular flexibility index (Phi) is 3.73. The lowest BCUT2D eigenvalue weighted by atomic mass is 10.1. The highest BCUT2D eigenvalue weighted by Gasteiger charge is 2.14. The van der Waals surface area contributed by atoms with Crippen LogP contribution in [0.25, 0.3) is 0 Å². The molecule has 0 aliphatic carbocycles. The summed E-state index contributed by atoms with van der Waals surface area (Å²) in [5.74, 6) is 3.44. The van der Waals surface area contributed by atoms with E-state index in [0.717, 1.165) is 0 Å². The SMILES string of the molecule is CC(O)(C#Cc1cc(C(=O)O)ccc1O)CO. The van der Waals surface area contributed by atoms with E-state index in [1.54, 1.807) is 0 Å². The topological polar surface area (TPSA) is 98.0 Å². The second-order valence-corrected chi connectivity index (χ2v) is 3.72. The molecule has 4 N–H and O–H groups in total. The molecule has 0 aliphatic rings. The molecule has 0 spiro atoms. The molecule has 0 aliphatic heterocycles. The molecule has 90 valence electrons. The maximum atomic E-state index is 10.7. The van der Waals surface area contributed by atoms with Gasteiger partial charge in [-0.1, -0.05) is 11.8 Å². The Morgan fingerprint density at radius 3 is 2.65 bits per heavy atom. The van der Waals surface area contributed by atoms with E-state index in [-0.39, 0.29) is 16.9 Å². The smallest absolute Gasteiger partial charge is 0.335 e. The van der Waals surface area contributed by atoms with Gasteiger partial charge in [-0.2, -0.15) is 0 Å². The van der Waals surface area contributed by atoms with E-state index in [4.69, 9.17) is 10.2 Å². The van der Waals surface area contributed by atoms with Gasteiger partial charge in [-0.05, 0) is 25.1 Å². The Morgan fingerprint density at radius 2 is 2.12 bits per heavy atom. The summed E-state index contributed by atoms with van der Waals surface area (Å²) in [5.41, 5.74) is -1.53. The molecular weight excluding hydrogens is 224 g/mol. The molecule has 1 aromatic rings. The molecule has 0 saturated carbocycles. The van der Waals surface area contributed by atoms with Gasteiger partial charge in [0, 0.05) is 0 Å². The van der Waals surface area contributed by atoms with Crippen molar-refractivity contribution < 1.29 is 25.2 Å². The summed E-state index contributed by atoms with van der Waals surface area (Å²) < 4.78 is 0. The average Bonchev–Trinajstić information content (AvgIpc) is 2.27. The number of hydrogen-bond donors (Lipinski definition) is 4. The number of aliphatic hydroxyl groups is 2. The average molecular weight is 236 g/mol. The van der Waals surface area contributed by atoms with Crippen LogP contribution in [0.3, 0.4) is 0 Å². The summed E-state index contributed by atoms with van der Waals surface area (Å²) in [5, 5.41) is 36.4. The Hall–Kier alpha value is -2.03. The van der Waals surface area contributed by atoms with E-state index in [9.17, 15) is 15.0 Å². The van der Waals surface area contributed by atoms with Gasteiger partial charge in [0.05, 0.1) is 17.7 Å². The van der Waals surface area contributed by atoms with Gasteiger partial charge >= 0.3 is 5.97 Å². The first-order valence-corrected chi connectivity index (χ1v) is 4.78. The third kappa shape index (κ3) is 3.48. The number of phenolic OH excluding ortho intramolecular Hbond substituents is 1. The van der Waals surface area contributed by atoms with Crippen LogP contribution in [0.5, 0.6) is 5.75 Å². The molecule has 17 heavy (non-hydrogen) atoms. The van der Waals surface area contributed by atoms with Crippen molar-refractivity contribution in [1.82, 2.24) is 0 Å². The van der Waals surface area contributed by atoms with Crippen LogP contribution < -0.4 is 0 Å². The van der Waals surface area contributed by atoms with E-state index in [0.29, 0.717) is 0 Å². The van der Waals surface area contributed by atoms with E-state index >= 15 is 0 Å². The van der Waals surface area contributed by atoms with Crippen molar-refractivity contribution in [2.24, 2.45) is 0 Å². The summed E-state index contributed by atoms with van der Waals surface area (Å²) in [7, 11) is 0. The number of aromatic hydroxyl groups is 1. The zero-order valence-corrected chi connectivity index (χ0v) is 9.14. The molecule has 0 fully saturated rings. The molecule has 0 amide bonds. The highest BCUT2D eigenvalue weighted by atomic mass is 16.4. The fourth-order valence-corrected chi connectivity index (χ4v) is 1.01. The van der Waals surface area contributed by atoms with Crippen LogP contribution in [-0.2, 0) is 0 Å². The summed E-state index contributed by atoms with van der Waals surface area (Å²) in [6.45, 7) is 0.747. The maximum Gasteiger partial charge on any atom is 0.335 e. The normalized spacial score (nSPS) is 13.4. The fraction of sp³-hybridized carbons (Fsp3) is 0.250. The second-order valence-electron chi connectivity index (χ2n) is 3.72. The Bertz CT molecular complexity index is 493. The predicted molar refractivity (Wildman–Crippen MR) is 59.7 cm³/mol. The minimum absolute atomic E-state index is 0.0178. The van der Waals surface area contributed by atoms with Crippen molar-refractivity contribution in [3.05, 3.63) is 29.3 Å². The second kappa shape index (κ2) is 4.87. The Labute approximate surface area is 98.0 Å². The van der Waals surface area contributed by atoms with E-state index in [1.807, 2.05) is 0 Å². The van der Waals surface area contributed by atoms with E-state index < -0.39 is 18.2 Å². The zero-order valence-electron chi connectivity index (χ0n) is 9.14. The minimum atomic E-state index is -1.59. The zero-order chi connectivity index (χ0) is 13.1. The van der Waals surface area contributed by atoms with Crippen LogP contribution in [0.2, 0.25) is 0 Å². The van der Waals surface area contributed by atoms with Crippen LogP contribution in [0, 0.1) is 11.8 Å². The summed E-state index contributed by atoms with van der Waals surface area (Å²) >= 11 is 0.